The number of quaternary nitrogens is 1. The Hall–Kier alpha value is -1.76. The molecule has 94 valence electrons. The number of hydrogen-bond acceptors (Lipinski definition) is 3. The summed E-state index contributed by atoms with van der Waals surface area (Å²) < 4.78 is 34.0. The van der Waals surface area contributed by atoms with Gasteiger partial charge in [-0.1, -0.05) is 0 Å². The van der Waals surface area contributed by atoms with Crippen LogP contribution in [0.4, 0.5) is 10.1 Å². The van der Waals surface area contributed by atoms with Gasteiger partial charge in [0, 0.05) is 17.7 Å². The quantitative estimate of drug-likeness (QED) is 0.445. The molecule has 0 fully saturated rings. The van der Waals surface area contributed by atoms with Crippen LogP contribution >= 0.6 is 0 Å². The van der Waals surface area contributed by atoms with Gasteiger partial charge in [-0.05, 0) is 31.2 Å². The van der Waals surface area contributed by atoms with Crippen molar-refractivity contribution in [2.45, 2.75) is 6.92 Å². The smallest absolute Gasteiger partial charge is 0.277 e. The first-order valence-electron chi connectivity index (χ1n) is 5.14. The maximum absolute atomic E-state index is 12.8. The second-order valence-electron chi connectivity index (χ2n) is 3.87. The summed E-state index contributed by atoms with van der Waals surface area (Å²) in [4.78, 5) is -0.288. The molecule has 1 aliphatic rings. The van der Waals surface area contributed by atoms with E-state index in [4.69, 9.17) is 0 Å². The molecule has 0 aliphatic carbocycles. The first-order valence-corrected chi connectivity index (χ1v) is 6.22. The molecular weight excluding hydrogens is 257 g/mol. The molecular formula is C12H10FNO3S. The zero-order valence-electron chi connectivity index (χ0n) is 9.50. The van der Waals surface area contributed by atoms with Crippen molar-refractivity contribution in [3.8, 4) is 0 Å². The number of rotatable bonds is 1. The number of halogens is 1. The normalized spacial score (nSPS) is 22.8. The van der Waals surface area contributed by atoms with E-state index >= 15 is 0 Å². The highest BCUT2D eigenvalue weighted by molar-refractivity contribution is 7.73. The summed E-state index contributed by atoms with van der Waals surface area (Å²) >= 11 is 0. The Balaban J connectivity index is 2.67. The third kappa shape index (κ3) is 2.01. The van der Waals surface area contributed by atoms with Crippen molar-refractivity contribution >= 4 is 21.0 Å². The Kier molecular flexibility index (Phi) is 3.16. The predicted molar refractivity (Wildman–Crippen MR) is 68.4 cm³/mol. The Morgan fingerprint density at radius 3 is 2.39 bits per heavy atom. The van der Waals surface area contributed by atoms with E-state index in [1.54, 1.807) is 13.0 Å². The fourth-order valence-corrected chi connectivity index (χ4v) is 2.54. The Labute approximate surface area is 105 Å². The first-order chi connectivity index (χ1) is 8.45. The van der Waals surface area contributed by atoms with Crippen LogP contribution in [0.15, 0.2) is 48.2 Å². The monoisotopic (exact) mass is 267 g/mol. The Morgan fingerprint density at radius 2 is 1.83 bits per heavy atom. The Morgan fingerprint density at radius 1 is 1.22 bits per heavy atom. The van der Waals surface area contributed by atoms with E-state index in [0.717, 1.165) is 12.1 Å². The summed E-state index contributed by atoms with van der Waals surface area (Å²) in [6, 6.07) is 4.80. The van der Waals surface area contributed by atoms with Crippen LogP contribution in [0.5, 0.6) is 0 Å². The van der Waals surface area contributed by atoms with Crippen molar-refractivity contribution < 1.29 is 12.8 Å². The summed E-state index contributed by atoms with van der Waals surface area (Å²) in [7, 11) is -2.64. The van der Waals surface area contributed by atoms with Crippen molar-refractivity contribution in [2.24, 2.45) is 0 Å². The summed E-state index contributed by atoms with van der Waals surface area (Å²) in [6.07, 6.45) is 4.23. The zero-order valence-corrected chi connectivity index (χ0v) is 10.3. The number of benzene rings is 1. The molecule has 0 N–H and O–H groups in total. The molecule has 0 bridgehead atoms. The molecule has 0 saturated carbocycles. The van der Waals surface area contributed by atoms with Crippen molar-refractivity contribution in [1.82, 2.24) is 4.65 Å². The second kappa shape index (κ2) is 4.49. The highest BCUT2D eigenvalue weighted by Crippen LogP contribution is 2.28. The molecule has 1 aromatic rings. The average molecular weight is 267 g/mol. The lowest BCUT2D eigenvalue weighted by Gasteiger charge is -2.38. The van der Waals surface area contributed by atoms with E-state index in [2.05, 4.69) is 0 Å². The van der Waals surface area contributed by atoms with Gasteiger partial charge in [-0.2, -0.15) is 8.42 Å². The second-order valence-corrected chi connectivity index (χ2v) is 4.72. The minimum atomic E-state index is -2.64. The number of hydrogen-bond donors (Lipinski definition) is 0. The van der Waals surface area contributed by atoms with E-state index in [9.17, 15) is 18.0 Å². The molecule has 4 nitrogen and oxygen atoms in total. The van der Waals surface area contributed by atoms with Gasteiger partial charge in [0.25, 0.3) is 15.3 Å². The molecule has 0 spiro atoms. The lowest BCUT2D eigenvalue weighted by atomic mass is 10.1. The highest BCUT2D eigenvalue weighted by Gasteiger charge is 2.31. The van der Waals surface area contributed by atoms with Gasteiger partial charge in [0.2, 0.25) is 0 Å². The standard InChI is InChI=1S/C12H10FNO3S/c1-9-3-2-8-14(15,12(9)18(16)17)11-6-4-10(13)5-7-11/h2-8H,1H3. The fraction of sp³-hybridized carbons (Fsp3) is 0.0833. The van der Waals surface area contributed by atoms with Crippen molar-refractivity contribution in [3.05, 3.63) is 59.2 Å². The molecule has 0 amide bonds. The average Bonchev–Trinajstić information content (AvgIpc) is 2.28. The van der Waals surface area contributed by atoms with Gasteiger partial charge in [-0.15, -0.1) is 0 Å². The first kappa shape index (κ1) is 12.7. The molecule has 2 rings (SSSR count). The van der Waals surface area contributed by atoms with Gasteiger partial charge in [-0.3, -0.25) is 4.65 Å². The van der Waals surface area contributed by atoms with Crippen molar-refractivity contribution in [2.75, 3.05) is 0 Å². The molecule has 1 unspecified atom stereocenters. The minimum absolute atomic E-state index is 0.138. The minimum Gasteiger partial charge on any atom is -0.616 e. The van der Waals surface area contributed by atoms with E-state index in [0.29, 0.717) is 5.57 Å². The van der Waals surface area contributed by atoms with Crippen molar-refractivity contribution in [3.63, 3.8) is 0 Å². The third-order valence-electron chi connectivity index (χ3n) is 2.65. The zero-order chi connectivity index (χ0) is 13.3. The van der Waals surface area contributed by atoms with Crippen LogP contribution in [-0.2, 0) is 10.3 Å². The van der Waals surface area contributed by atoms with Crippen LogP contribution in [0.3, 0.4) is 0 Å². The van der Waals surface area contributed by atoms with E-state index in [1.165, 1.54) is 24.4 Å². The molecule has 0 saturated heterocycles. The SMILES string of the molecule is CC1=CC=C[N+]([O-])(c2ccc(F)cc2)C1=S(=O)=O. The van der Waals surface area contributed by atoms with E-state index in [-0.39, 0.29) is 10.7 Å². The maximum atomic E-state index is 12.8. The largest absolute Gasteiger partial charge is 0.616 e. The van der Waals surface area contributed by atoms with Crippen LogP contribution in [0.25, 0.3) is 0 Å². The van der Waals surface area contributed by atoms with E-state index in [1.807, 2.05) is 0 Å². The lowest BCUT2D eigenvalue weighted by Crippen LogP contribution is -2.46. The summed E-state index contributed by atoms with van der Waals surface area (Å²) in [6.45, 7) is 1.54. The topological polar surface area (TPSA) is 57.2 Å². The van der Waals surface area contributed by atoms with Crippen LogP contribution in [0.1, 0.15) is 6.92 Å². The molecule has 1 heterocycles. The van der Waals surface area contributed by atoms with Crippen LogP contribution in [0, 0.1) is 11.0 Å². The van der Waals surface area contributed by atoms with E-state index < -0.39 is 20.8 Å². The number of allylic oxidation sites excluding steroid dienone is 2. The fourth-order valence-electron chi connectivity index (χ4n) is 1.82. The summed E-state index contributed by atoms with van der Waals surface area (Å²) in [5.41, 5.74) is 0.504. The van der Waals surface area contributed by atoms with Crippen LogP contribution in [-0.4, -0.2) is 13.4 Å². The molecule has 6 heteroatoms. The van der Waals surface area contributed by atoms with Crippen LogP contribution < -0.4 is 4.65 Å². The molecule has 0 radical (unpaired) electrons. The molecule has 1 aliphatic heterocycles. The van der Waals surface area contributed by atoms with Gasteiger partial charge >= 0.3 is 0 Å². The van der Waals surface area contributed by atoms with Gasteiger partial charge in [0.05, 0.1) is 0 Å². The third-order valence-corrected chi connectivity index (χ3v) is 3.56. The molecule has 1 aromatic carbocycles. The number of hydroxylamine groups is 2. The molecule has 18 heavy (non-hydrogen) atoms. The predicted octanol–water partition coefficient (Wildman–Crippen LogP) is 2.11. The highest BCUT2D eigenvalue weighted by atomic mass is 32.2. The molecule has 0 aromatic heterocycles. The van der Waals surface area contributed by atoms with Gasteiger partial charge in [0.1, 0.15) is 17.7 Å². The van der Waals surface area contributed by atoms with Gasteiger partial charge < -0.3 is 5.21 Å². The van der Waals surface area contributed by atoms with Gasteiger partial charge in [-0.25, -0.2) is 4.39 Å². The number of nitrogens with zero attached hydrogens (tertiary/aromatic N) is 1. The Bertz CT molecular complexity index is 666. The lowest BCUT2D eigenvalue weighted by molar-refractivity contribution is 0.621. The van der Waals surface area contributed by atoms with Gasteiger partial charge in [0.15, 0.2) is 0 Å². The summed E-state index contributed by atoms with van der Waals surface area (Å²) in [5.74, 6) is -0.483. The molecule has 1 atom stereocenters. The summed E-state index contributed by atoms with van der Waals surface area (Å²) in [5, 5.41) is 12.7. The van der Waals surface area contributed by atoms with Crippen LogP contribution in [0.2, 0.25) is 0 Å². The maximum Gasteiger partial charge on any atom is 0.277 e. The van der Waals surface area contributed by atoms with Crippen molar-refractivity contribution in [1.29, 1.82) is 0 Å².